The summed E-state index contributed by atoms with van der Waals surface area (Å²) in [6.45, 7) is 13.4. The zero-order valence-corrected chi connectivity index (χ0v) is 38.0. The maximum absolute atomic E-state index is 2.59. The van der Waals surface area contributed by atoms with E-state index in [1.165, 1.54) is 72.3 Å². The largest absolute Gasteiger partial charge is 0.343 e. The molecule has 5 heteroatoms. The fraction of sp³-hybridized carbons (Fsp3) is 0.281. The number of para-hydroxylation sites is 2. The van der Waals surface area contributed by atoms with Crippen LogP contribution in [0.5, 0.6) is 0 Å². The molecule has 0 saturated heterocycles. The summed E-state index contributed by atoms with van der Waals surface area (Å²) < 4.78 is 2.59. The highest BCUT2D eigenvalue weighted by atomic mass is 15.2. The Morgan fingerprint density at radius 3 is 1.79 bits per heavy atom. The molecule has 2 heterocycles. The predicted molar refractivity (Wildman–Crippen MR) is 265 cm³/mol. The van der Waals surface area contributed by atoms with E-state index in [1.807, 2.05) is 0 Å². The second-order valence-electron chi connectivity index (χ2n) is 18.9. The Morgan fingerprint density at radius 2 is 1.16 bits per heavy atom. The van der Waals surface area contributed by atoms with Crippen molar-refractivity contribution in [3.05, 3.63) is 191 Å². The average molecular weight is 817 g/mol. The number of fused-ring (bicyclic) bond motifs is 6. The van der Waals surface area contributed by atoms with Crippen LogP contribution in [-0.2, 0) is 10.8 Å². The molecule has 0 fully saturated rings. The smallest absolute Gasteiger partial charge is 0.210 e. The van der Waals surface area contributed by atoms with Crippen molar-refractivity contribution in [3.63, 3.8) is 0 Å². The van der Waals surface area contributed by atoms with Crippen LogP contribution in [0.4, 0.5) is 22.7 Å². The molecule has 0 amide bonds. The van der Waals surface area contributed by atoms with E-state index in [0.717, 1.165) is 50.4 Å². The zero-order chi connectivity index (χ0) is 43.2. The maximum atomic E-state index is 2.59. The van der Waals surface area contributed by atoms with Crippen LogP contribution in [0.15, 0.2) is 180 Å². The Kier molecular flexibility index (Phi) is 11.1. The van der Waals surface area contributed by atoms with Gasteiger partial charge in [0.05, 0.1) is 17.7 Å². The molecule has 3 aliphatic rings. The molecule has 0 atom stereocenters. The monoisotopic (exact) mass is 816 g/mol. The van der Waals surface area contributed by atoms with Gasteiger partial charge in [-0.25, -0.2) is 0 Å². The highest BCUT2D eigenvalue weighted by Crippen LogP contribution is 2.51. The van der Waals surface area contributed by atoms with Crippen LogP contribution in [0.2, 0.25) is 0 Å². The molecule has 6 aromatic rings. The molecule has 0 N–H and O–H groups in total. The molecule has 9 rings (SSSR count). The molecular weight excluding hydrogens is 755 g/mol. The molecule has 0 radical (unpaired) electrons. The van der Waals surface area contributed by atoms with Crippen molar-refractivity contribution in [3.8, 4) is 0 Å². The fourth-order valence-electron chi connectivity index (χ4n) is 10.4. The SMILES string of the molecule is CN(C)CCN1/C(=C/C=C2\CCC(/C=C/C3=[N+](CCN(C)C)c4ccc5ccccc5c4C3(C)C)=C2N(c2ccccc2)c2ccccc2)C(C)(C)c2c1ccc1ccccc21. The average Bonchev–Trinajstić information content (AvgIpc) is 3.84. The summed E-state index contributed by atoms with van der Waals surface area (Å²) in [7, 11) is 8.70. The number of rotatable bonds is 12. The fourth-order valence-corrected chi connectivity index (χ4v) is 10.4. The minimum Gasteiger partial charge on any atom is -0.343 e. The number of benzene rings is 6. The summed E-state index contributed by atoms with van der Waals surface area (Å²) in [5.74, 6) is 0. The van der Waals surface area contributed by atoms with E-state index < -0.39 is 0 Å². The second kappa shape index (κ2) is 16.7. The van der Waals surface area contributed by atoms with Crippen LogP contribution in [-0.4, -0.2) is 74.5 Å². The topological polar surface area (TPSA) is 16.0 Å². The molecule has 62 heavy (non-hydrogen) atoms. The van der Waals surface area contributed by atoms with Crippen LogP contribution in [0.25, 0.3) is 21.5 Å². The highest BCUT2D eigenvalue weighted by molar-refractivity contribution is 6.08. The van der Waals surface area contributed by atoms with Crippen molar-refractivity contribution < 1.29 is 4.58 Å². The van der Waals surface area contributed by atoms with Gasteiger partial charge in [0.15, 0.2) is 12.3 Å². The van der Waals surface area contributed by atoms with Gasteiger partial charge in [0.1, 0.15) is 0 Å². The molecule has 0 spiro atoms. The lowest BCUT2D eigenvalue weighted by Gasteiger charge is -2.29. The first-order valence-electron chi connectivity index (χ1n) is 22.4. The first kappa shape index (κ1) is 41.3. The van der Waals surface area contributed by atoms with E-state index in [1.54, 1.807) is 0 Å². The van der Waals surface area contributed by atoms with Gasteiger partial charge in [-0.05, 0) is 136 Å². The normalized spacial score (nSPS) is 18.2. The third kappa shape index (κ3) is 7.41. The third-order valence-electron chi connectivity index (χ3n) is 13.5. The number of anilines is 3. The van der Waals surface area contributed by atoms with E-state index in [2.05, 4.69) is 238 Å². The summed E-state index contributed by atoms with van der Waals surface area (Å²) in [5, 5.41) is 5.28. The van der Waals surface area contributed by atoms with Crippen molar-refractivity contribution in [1.82, 2.24) is 9.80 Å². The summed E-state index contributed by atoms with van der Waals surface area (Å²) in [6.07, 6.45) is 11.7. The highest BCUT2D eigenvalue weighted by Gasteiger charge is 2.46. The Labute approximate surface area is 369 Å². The molecule has 6 aromatic carbocycles. The Hall–Kier alpha value is -6.01. The van der Waals surface area contributed by atoms with Gasteiger partial charge < -0.3 is 19.6 Å². The summed E-state index contributed by atoms with van der Waals surface area (Å²) in [4.78, 5) is 9.68. The molecule has 0 aromatic heterocycles. The summed E-state index contributed by atoms with van der Waals surface area (Å²) in [6, 6.07) is 49.0. The molecule has 0 unspecified atom stereocenters. The number of hydrogen-bond acceptors (Lipinski definition) is 4. The standard InChI is InChI=1S/C57H62N5/c1-56(2)51(60(39-37-58(5)6)49-33-29-41-19-15-17-25-47(41)53(49)56)35-31-43-27-28-44(55(43)62(45-21-11-9-12-22-45)46-23-13-10-14-24-46)32-36-52-57(3,4)54-48-26-18-16-20-42(48)30-34-50(54)61(52)40-38-59(7)8/h9-26,29-36H,27-28,37-40H2,1-8H3/q+1. The number of nitrogens with zero attached hydrogens (tertiary/aromatic N) is 5. The van der Waals surface area contributed by atoms with Crippen LogP contribution in [0.1, 0.15) is 51.7 Å². The van der Waals surface area contributed by atoms with Gasteiger partial charge in [0.25, 0.3) is 0 Å². The number of likely N-dealkylation sites (N-methyl/N-ethyl adjacent to an activating group) is 2. The van der Waals surface area contributed by atoms with Crippen LogP contribution < -0.4 is 9.80 Å². The van der Waals surface area contributed by atoms with Gasteiger partial charge in [-0.1, -0.05) is 117 Å². The Balaban J connectivity index is 1.22. The lowest BCUT2D eigenvalue weighted by Crippen LogP contribution is -2.32. The van der Waals surface area contributed by atoms with E-state index in [4.69, 9.17) is 0 Å². The molecular formula is C57H62N5+. The minimum atomic E-state index is -0.191. The third-order valence-corrected chi connectivity index (χ3v) is 13.5. The minimum absolute atomic E-state index is 0.191. The van der Waals surface area contributed by atoms with Crippen LogP contribution in [0.3, 0.4) is 0 Å². The van der Waals surface area contributed by atoms with Crippen LogP contribution in [0, 0.1) is 0 Å². The first-order valence-corrected chi connectivity index (χ1v) is 22.4. The van der Waals surface area contributed by atoms with E-state index >= 15 is 0 Å². The Bertz CT molecular complexity index is 2760. The lowest BCUT2D eigenvalue weighted by molar-refractivity contribution is -0.437. The van der Waals surface area contributed by atoms with Crippen molar-refractivity contribution in [2.24, 2.45) is 0 Å². The summed E-state index contributed by atoms with van der Waals surface area (Å²) in [5.41, 5.74) is 14.1. The van der Waals surface area contributed by atoms with Gasteiger partial charge in [0, 0.05) is 59.0 Å². The molecule has 0 bridgehead atoms. The summed E-state index contributed by atoms with van der Waals surface area (Å²) >= 11 is 0. The zero-order valence-electron chi connectivity index (χ0n) is 38.0. The van der Waals surface area contributed by atoms with Gasteiger partial charge in [-0.3, -0.25) is 0 Å². The molecule has 2 aliphatic heterocycles. The first-order chi connectivity index (χ1) is 29.9. The van der Waals surface area contributed by atoms with Gasteiger partial charge in [0.2, 0.25) is 5.69 Å². The van der Waals surface area contributed by atoms with Crippen molar-refractivity contribution in [1.29, 1.82) is 0 Å². The number of hydrogen-bond donors (Lipinski definition) is 0. The molecule has 5 nitrogen and oxygen atoms in total. The van der Waals surface area contributed by atoms with E-state index in [0.29, 0.717) is 0 Å². The van der Waals surface area contributed by atoms with Crippen molar-refractivity contribution in [2.45, 2.75) is 51.4 Å². The van der Waals surface area contributed by atoms with Crippen molar-refractivity contribution in [2.75, 3.05) is 64.2 Å². The van der Waals surface area contributed by atoms with Gasteiger partial charge in [-0.2, -0.15) is 4.58 Å². The Morgan fingerprint density at radius 1 is 0.581 bits per heavy atom. The lowest BCUT2D eigenvalue weighted by atomic mass is 9.79. The second-order valence-corrected chi connectivity index (χ2v) is 18.9. The molecule has 314 valence electrons. The predicted octanol–water partition coefficient (Wildman–Crippen LogP) is 12.5. The van der Waals surface area contributed by atoms with Gasteiger partial charge >= 0.3 is 0 Å². The van der Waals surface area contributed by atoms with E-state index in [9.17, 15) is 0 Å². The number of allylic oxidation sites excluding steroid dienone is 7. The van der Waals surface area contributed by atoms with Crippen LogP contribution >= 0.6 is 0 Å². The van der Waals surface area contributed by atoms with Gasteiger partial charge in [-0.15, -0.1) is 0 Å². The quantitative estimate of drug-likeness (QED) is 0.114. The molecule has 0 saturated carbocycles. The molecule has 1 aliphatic carbocycles. The maximum Gasteiger partial charge on any atom is 0.210 e. The van der Waals surface area contributed by atoms with Crippen molar-refractivity contribution >= 4 is 50.0 Å². The van der Waals surface area contributed by atoms with E-state index in [-0.39, 0.29) is 10.8 Å².